The molecule has 0 saturated heterocycles. The quantitative estimate of drug-likeness (QED) is 0.514. The van der Waals surface area contributed by atoms with E-state index in [0.717, 1.165) is 16.7 Å². The van der Waals surface area contributed by atoms with Crippen LogP contribution in [-0.4, -0.2) is 31.6 Å². The standard InChI is InChI=1S/C23H20FN5O3/c1-11-3-4-13(21-27-23(32-28-21)16-6-17(16)24)5-18(11)26-22(30)19-8-25-20-7-15-12(2)31-10-14(15)9-29(19)20/h3-5,7-9,12,16-17H,6,10H2,1-2H3,(H,26,30)/t12-,16-,17-/m0/s1. The van der Waals surface area contributed by atoms with Gasteiger partial charge in [-0.15, -0.1) is 0 Å². The van der Waals surface area contributed by atoms with Crippen molar-refractivity contribution in [3.8, 4) is 11.4 Å². The smallest absolute Gasteiger partial charge is 0.274 e. The summed E-state index contributed by atoms with van der Waals surface area (Å²) in [5, 5.41) is 6.93. The van der Waals surface area contributed by atoms with Crippen LogP contribution in [0.15, 0.2) is 41.2 Å². The molecule has 9 heteroatoms. The zero-order valence-corrected chi connectivity index (χ0v) is 17.5. The number of aromatic nitrogens is 4. The first kappa shape index (κ1) is 19.1. The monoisotopic (exact) mass is 433 g/mol. The van der Waals surface area contributed by atoms with Gasteiger partial charge in [0.1, 0.15) is 17.5 Å². The van der Waals surface area contributed by atoms with Crippen molar-refractivity contribution in [2.45, 2.75) is 45.1 Å². The Morgan fingerprint density at radius 3 is 2.97 bits per heavy atom. The number of pyridine rings is 1. The molecule has 8 nitrogen and oxygen atoms in total. The van der Waals surface area contributed by atoms with Crippen LogP contribution in [0.25, 0.3) is 17.0 Å². The summed E-state index contributed by atoms with van der Waals surface area (Å²) in [5.41, 5.74) is 5.46. The molecule has 1 amide bonds. The molecule has 3 atom stereocenters. The Bertz CT molecular complexity index is 1380. The lowest BCUT2D eigenvalue weighted by atomic mass is 10.1. The molecule has 2 aliphatic rings. The molecule has 1 N–H and O–H groups in total. The van der Waals surface area contributed by atoms with Gasteiger partial charge in [-0.2, -0.15) is 4.98 Å². The van der Waals surface area contributed by atoms with Crippen molar-refractivity contribution in [3.63, 3.8) is 0 Å². The summed E-state index contributed by atoms with van der Waals surface area (Å²) in [5.74, 6) is 0.104. The second-order valence-corrected chi connectivity index (χ2v) is 8.38. The van der Waals surface area contributed by atoms with Crippen molar-refractivity contribution >= 4 is 17.2 Å². The maximum absolute atomic E-state index is 13.3. The van der Waals surface area contributed by atoms with Crippen LogP contribution in [0.3, 0.4) is 0 Å². The molecule has 0 radical (unpaired) electrons. The average molecular weight is 433 g/mol. The summed E-state index contributed by atoms with van der Waals surface area (Å²) in [6, 6.07) is 7.47. The Hall–Kier alpha value is -3.59. The zero-order valence-electron chi connectivity index (χ0n) is 17.5. The number of hydrogen-bond acceptors (Lipinski definition) is 6. The molecule has 162 valence electrons. The summed E-state index contributed by atoms with van der Waals surface area (Å²) in [6.07, 6.45) is 3.02. The Morgan fingerprint density at radius 2 is 2.16 bits per heavy atom. The molecule has 1 aromatic carbocycles. The number of imidazole rings is 1. The van der Waals surface area contributed by atoms with E-state index in [-0.39, 0.29) is 17.9 Å². The van der Waals surface area contributed by atoms with Crippen molar-refractivity contribution in [2.24, 2.45) is 0 Å². The Kier molecular flexibility index (Phi) is 4.16. The summed E-state index contributed by atoms with van der Waals surface area (Å²) in [4.78, 5) is 21.8. The average Bonchev–Trinajstić information content (AvgIpc) is 3.17. The molecule has 1 saturated carbocycles. The third kappa shape index (κ3) is 3.08. The largest absolute Gasteiger partial charge is 0.369 e. The zero-order chi connectivity index (χ0) is 22.0. The summed E-state index contributed by atoms with van der Waals surface area (Å²) in [6.45, 7) is 4.42. The molecule has 6 rings (SSSR count). The number of ether oxygens (including phenoxy) is 1. The van der Waals surface area contributed by atoms with Gasteiger partial charge < -0.3 is 14.6 Å². The minimum absolute atomic E-state index is 0.0238. The van der Waals surface area contributed by atoms with Gasteiger partial charge in [0.2, 0.25) is 11.7 Å². The van der Waals surface area contributed by atoms with Crippen molar-refractivity contribution in [2.75, 3.05) is 5.32 Å². The Labute approximate surface area is 182 Å². The molecule has 0 spiro atoms. The molecule has 0 unspecified atom stereocenters. The van der Waals surface area contributed by atoms with Crippen LogP contribution in [-0.2, 0) is 11.3 Å². The lowest BCUT2D eigenvalue weighted by molar-refractivity contribution is 0.0796. The fraction of sp³-hybridized carbons (Fsp3) is 0.304. The van der Waals surface area contributed by atoms with Crippen LogP contribution >= 0.6 is 0 Å². The normalized spacial score (nSPS) is 21.7. The number of carbonyl (C=O) groups is 1. The third-order valence-corrected chi connectivity index (χ3v) is 6.14. The van der Waals surface area contributed by atoms with Gasteiger partial charge in [0.05, 0.1) is 24.8 Å². The van der Waals surface area contributed by atoms with E-state index in [1.165, 1.54) is 0 Å². The molecule has 1 aliphatic heterocycles. The highest BCUT2D eigenvalue weighted by molar-refractivity contribution is 6.04. The van der Waals surface area contributed by atoms with Crippen LogP contribution in [0.5, 0.6) is 0 Å². The molecule has 1 aliphatic carbocycles. The molecule has 1 fully saturated rings. The van der Waals surface area contributed by atoms with E-state index >= 15 is 0 Å². The Morgan fingerprint density at radius 1 is 1.31 bits per heavy atom. The molecule has 4 aromatic rings. The third-order valence-electron chi connectivity index (χ3n) is 6.14. The first-order valence-electron chi connectivity index (χ1n) is 10.5. The van der Waals surface area contributed by atoms with Gasteiger partial charge in [-0.05, 0) is 43.5 Å². The summed E-state index contributed by atoms with van der Waals surface area (Å²) < 4.78 is 25.9. The van der Waals surface area contributed by atoms with Gasteiger partial charge in [-0.25, -0.2) is 9.37 Å². The first-order valence-corrected chi connectivity index (χ1v) is 10.5. The highest BCUT2D eigenvalue weighted by atomic mass is 19.1. The number of aryl methyl sites for hydroxylation is 1. The number of anilines is 1. The first-order chi connectivity index (χ1) is 15.5. The van der Waals surface area contributed by atoms with E-state index in [0.29, 0.717) is 47.3 Å². The van der Waals surface area contributed by atoms with Crippen LogP contribution in [0.1, 0.15) is 58.4 Å². The molecular weight excluding hydrogens is 413 g/mol. The van der Waals surface area contributed by atoms with E-state index in [1.807, 2.05) is 38.2 Å². The molecule has 4 heterocycles. The lowest BCUT2D eigenvalue weighted by Crippen LogP contribution is -2.15. The summed E-state index contributed by atoms with van der Waals surface area (Å²) in [7, 11) is 0. The van der Waals surface area contributed by atoms with Crippen molar-refractivity contribution in [1.82, 2.24) is 19.5 Å². The maximum Gasteiger partial charge on any atom is 0.274 e. The van der Waals surface area contributed by atoms with E-state index in [1.54, 1.807) is 16.7 Å². The predicted octanol–water partition coefficient (Wildman–Crippen LogP) is 4.36. The van der Waals surface area contributed by atoms with Crippen molar-refractivity contribution in [1.29, 1.82) is 0 Å². The minimum Gasteiger partial charge on any atom is -0.369 e. The Balaban J connectivity index is 1.29. The maximum atomic E-state index is 13.3. The van der Waals surface area contributed by atoms with Crippen molar-refractivity contribution in [3.05, 3.63) is 64.9 Å². The number of amides is 1. The summed E-state index contributed by atoms with van der Waals surface area (Å²) >= 11 is 0. The van der Waals surface area contributed by atoms with E-state index < -0.39 is 6.17 Å². The van der Waals surface area contributed by atoms with Gasteiger partial charge in [-0.3, -0.25) is 9.20 Å². The molecule has 0 bridgehead atoms. The SMILES string of the molecule is Cc1ccc(-c2noc([C@H]3C[C@@H]3F)n2)cc1NC(=O)c1cnc2cc3c(cn12)CO[C@H]3C. The number of nitrogens with one attached hydrogen (secondary N) is 1. The van der Waals surface area contributed by atoms with Gasteiger partial charge in [0.15, 0.2) is 0 Å². The number of hydrogen-bond donors (Lipinski definition) is 1. The van der Waals surface area contributed by atoms with Gasteiger partial charge >= 0.3 is 0 Å². The van der Waals surface area contributed by atoms with Gasteiger partial charge in [0.25, 0.3) is 5.91 Å². The number of fused-ring (bicyclic) bond motifs is 2. The number of alkyl halides is 1. The van der Waals surface area contributed by atoms with Crippen LogP contribution in [0.4, 0.5) is 10.1 Å². The number of benzene rings is 1. The number of rotatable bonds is 4. The van der Waals surface area contributed by atoms with Crippen molar-refractivity contribution < 1.29 is 18.4 Å². The minimum atomic E-state index is -0.905. The highest BCUT2D eigenvalue weighted by Gasteiger charge is 2.43. The van der Waals surface area contributed by atoms with E-state index in [9.17, 15) is 9.18 Å². The van der Waals surface area contributed by atoms with Gasteiger partial charge in [0, 0.05) is 23.0 Å². The topological polar surface area (TPSA) is 94.6 Å². The molecule has 32 heavy (non-hydrogen) atoms. The van der Waals surface area contributed by atoms with E-state index in [2.05, 4.69) is 20.4 Å². The molecule has 3 aromatic heterocycles. The van der Waals surface area contributed by atoms with Crippen LogP contribution < -0.4 is 5.32 Å². The molecular formula is C23H20FN5O3. The van der Waals surface area contributed by atoms with Crippen LogP contribution in [0.2, 0.25) is 0 Å². The second-order valence-electron chi connectivity index (χ2n) is 8.38. The number of carbonyl (C=O) groups excluding carboxylic acids is 1. The fourth-order valence-electron chi connectivity index (χ4n) is 4.06. The fourth-order valence-corrected chi connectivity index (χ4v) is 4.06. The predicted molar refractivity (Wildman–Crippen MR) is 113 cm³/mol. The van der Waals surface area contributed by atoms with Gasteiger partial charge in [-0.1, -0.05) is 17.3 Å². The number of nitrogens with zero attached hydrogens (tertiary/aromatic N) is 4. The van der Waals surface area contributed by atoms with Crippen LogP contribution in [0, 0.1) is 6.92 Å². The second kappa shape index (κ2) is 6.96. The highest BCUT2D eigenvalue weighted by Crippen LogP contribution is 2.43. The van der Waals surface area contributed by atoms with E-state index in [4.69, 9.17) is 9.26 Å². The lowest BCUT2D eigenvalue weighted by Gasteiger charge is -2.10. The number of halogens is 1.